The Bertz CT molecular complexity index is 1150. The number of hydrogen-bond donors (Lipinski definition) is 2. The Kier molecular flexibility index (Phi) is 5.86. The zero-order chi connectivity index (χ0) is 22.3. The summed E-state index contributed by atoms with van der Waals surface area (Å²) in [6, 6.07) is 5.78. The van der Waals surface area contributed by atoms with Crippen molar-refractivity contribution in [3.8, 4) is 17.2 Å². The van der Waals surface area contributed by atoms with Crippen molar-refractivity contribution in [2.24, 2.45) is 5.14 Å². The molecule has 1 aliphatic heterocycles. The molecule has 0 radical (unpaired) electrons. The van der Waals surface area contributed by atoms with Crippen LogP contribution in [0.15, 0.2) is 35.2 Å². The van der Waals surface area contributed by atoms with E-state index in [1.54, 1.807) is 12.1 Å². The standard InChI is InChI=1S/C21H22ClNO6S/c1-21(2)9-8-13-16(29-21)11-17(28-3)19(20(13)25)15(24)7-5-12-4-6-14(22)18(10-12)30(23,26)27/h4-7,10-11,25H,8-9H2,1-3H3,(H2,23,26,27)/b7-5+. The van der Waals surface area contributed by atoms with E-state index in [0.717, 1.165) is 0 Å². The van der Waals surface area contributed by atoms with Crippen LogP contribution in [-0.4, -0.2) is 32.0 Å². The fourth-order valence-corrected chi connectivity index (χ4v) is 4.35. The molecule has 7 nitrogen and oxygen atoms in total. The highest BCUT2D eigenvalue weighted by molar-refractivity contribution is 7.89. The Morgan fingerprint density at radius 1 is 1.33 bits per heavy atom. The topological polar surface area (TPSA) is 116 Å². The summed E-state index contributed by atoms with van der Waals surface area (Å²) in [5, 5.41) is 15.9. The van der Waals surface area contributed by atoms with Crippen molar-refractivity contribution in [1.82, 2.24) is 0 Å². The summed E-state index contributed by atoms with van der Waals surface area (Å²) in [7, 11) is -2.61. The number of fused-ring (bicyclic) bond motifs is 1. The highest BCUT2D eigenvalue weighted by atomic mass is 35.5. The minimum absolute atomic E-state index is 0.0106. The number of phenols is 1. The van der Waals surface area contributed by atoms with Crippen LogP contribution in [0.5, 0.6) is 17.2 Å². The number of rotatable bonds is 5. The molecule has 0 bridgehead atoms. The molecule has 0 saturated heterocycles. The number of phenolic OH excluding ortho intramolecular Hbond substituents is 1. The van der Waals surface area contributed by atoms with Gasteiger partial charge in [-0.3, -0.25) is 4.79 Å². The first kappa shape index (κ1) is 22.1. The van der Waals surface area contributed by atoms with Gasteiger partial charge in [0.25, 0.3) is 0 Å². The molecule has 3 N–H and O–H groups in total. The van der Waals surface area contributed by atoms with Gasteiger partial charge in [0.1, 0.15) is 33.3 Å². The number of methoxy groups -OCH3 is 1. The van der Waals surface area contributed by atoms with Gasteiger partial charge in [-0.2, -0.15) is 0 Å². The predicted octanol–water partition coefficient (Wildman–Crippen LogP) is 3.70. The lowest BCUT2D eigenvalue weighted by Crippen LogP contribution is -2.32. The maximum atomic E-state index is 12.8. The van der Waals surface area contributed by atoms with Gasteiger partial charge in [-0.25, -0.2) is 13.6 Å². The molecule has 0 saturated carbocycles. The summed E-state index contributed by atoms with van der Waals surface area (Å²) in [4.78, 5) is 12.6. The number of sulfonamides is 1. The van der Waals surface area contributed by atoms with Gasteiger partial charge in [-0.05, 0) is 50.5 Å². The molecule has 1 heterocycles. The Hall–Kier alpha value is -2.55. The van der Waals surface area contributed by atoms with Crippen LogP contribution in [0.25, 0.3) is 6.08 Å². The number of nitrogens with two attached hydrogens (primary N) is 1. The fraction of sp³-hybridized carbons (Fsp3) is 0.286. The number of hydrogen-bond acceptors (Lipinski definition) is 6. The SMILES string of the molecule is COc1cc2c(c(O)c1C(=O)/C=C/c1ccc(Cl)c(S(N)(=O)=O)c1)CCC(C)(C)O2. The summed E-state index contributed by atoms with van der Waals surface area (Å²) < 4.78 is 34.5. The lowest BCUT2D eigenvalue weighted by Gasteiger charge is -2.33. The van der Waals surface area contributed by atoms with Crippen molar-refractivity contribution in [1.29, 1.82) is 0 Å². The van der Waals surface area contributed by atoms with Gasteiger partial charge in [0.05, 0.1) is 12.1 Å². The van der Waals surface area contributed by atoms with Gasteiger partial charge < -0.3 is 14.6 Å². The minimum atomic E-state index is -4.01. The number of primary sulfonamides is 1. The molecule has 2 aromatic carbocycles. The molecule has 0 fully saturated rings. The van der Waals surface area contributed by atoms with Crippen LogP contribution in [0.1, 0.15) is 41.8 Å². The Morgan fingerprint density at radius 2 is 2.03 bits per heavy atom. The first-order valence-corrected chi connectivity index (χ1v) is 11.0. The van der Waals surface area contributed by atoms with E-state index in [1.807, 2.05) is 13.8 Å². The lowest BCUT2D eigenvalue weighted by molar-refractivity contribution is 0.0831. The zero-order valence-electron chi connectivity index (χ0n) is 16.7. The number of allylic oxidation sites excluding steroid dienone is 1. The number of ketones is 1. The second-order valence-corrected chi connectivity index (χ2v) is 9.51. The van der Waals surface area contributed by atoms with Crippen LogP contribution >= 0.6 is 11.6 Å². The van der Waals surface area contributed by atoms with Crippen molar-refractivity contribution < 1.29 is 27.8 Å². The number of carbonyl (C=O) groups is 1. The second kappa shape index (κ2) is 7.94. The van der Waals surface area contributed by atoms with E-state index >= 15 is 0 Å². The van der Waals surface area contributed by atoms with Crippen LogP contribution < -0.4 is 14.6 Å². The van der Waals surface area contributed by atoms with Crippen molar-refractivity contribution in [2.45, 2.75) is 37.2 Å². The average molecular weight is 452 g/mol. The van der Waals surface area contributed by atoms with Crippen LogP contribution in [0.3, 0.4) is 0 Å². The maximum absolute atomic E-state index is 12.8. The van der Waals surface area contributed by atoms with Gasteiger partial charge in [0.2, 0.25) is 10.0 Å². The summed E-state index contributed by atoms with van der Waals surface area (Å²) in [5.74, 6) is -0.0310. The first-order chi connectivity index (χ1) is 13.9. The van der Waals surface area contributed by atoms with Crippen LogP contribution in [0, 0.1) is 0 Å². The fourth-order valence-electron chi connectivity index (χ4n) is 3.27. The number of ether oxygens (including phenoxy) is 2. The number of halogens is 1. The zero-order valence-corrected chi connectivity index (χ0v) is 18.3. The minimum Gasteiger partial charge on any atom is -0.507 e. The monoisotopic (exact) mass is 451 g/mol. The molecule has 0 aromatic heterocycles. The number of benzene rings is 2. The molecule has 0 aliphatic carbocycles. The third-order valence-corrected chi connectivity index (χ3v) is 6.24. The molecule has 0 atom stereocenters. The van der Waals surface area contributed by atoms with Crippen molar-refractivity contribution >= 4 is 33.5 Å². The highest BCUT2D eigenvalue weighted by Gasteiger charge is 2.32. The summed E-state index contributed by atoms with van der Waals surface area (Å²) >= 11 is 5.88. The molecule has 2 aromatic rings. The normalized spacial score (nSPS) is 15.5. The Balaban J connectivity index is 1.98. The third kappa shape index (κ3) is 4.45. The second-order valence-electron chi connectivity index (χ2n) is 7.57. The van der Waals surface area contributed by atoms with Crippen molar-refractivity contribution in [3.05, 3.63) is 52.1 Å². The molecule has 0 spiro atoms. The third-order valence-electron chi connectivity index (χ3n) is 4.85. The smallest absolute Gasteiger partial charge is 0.239 e. The van der Waals surface area contributed by atoms with Crippen molar-refractivity contribution in [2.75, 3.05) is 7.11 Å². The molecule has 1 aliphatic rings. The Labute approximate surface area is 180 Å². The number of aromatic hydroxyl groups is 1. The quantitative estimate of drug-likeness (QED) is 0.529. The lowest BCUT2D eigenvalue weighted by atomic mass is 9.91. The number of carbonyl (C=O) groups excluding carboxylic acids is 1. The maximum Gasteiger partial charge on any atom is 0.239 e. The molecular weight excluding hydrogens is 430 g/mol. The van der Waals surface area contributed by atoms with Gasteiger partial charge in [0.15, 0.2) is 5.78 Å². The molecule has 0 unspecified atom stereocenters. The van der Waals surface area contributed by atoms with E-state index in [1.165, 1.54) is 31.4 Å². The highest BCUT2D eigenvalue weighted by Crippen LogP contribution is 2.44. The van der Waals surface area contributed by atoms with Gasteiger partial charge >= 0.3 is 0 Å². The summed E-state index contributed by atoms with van der Waals surface area (Å²) in [5.41, 5.74) is 0.579. The van der Waals surface area contributed by atoms with Gasteiger partial charge in [-0.1, -0.05) is 23.7 Å². The van der Waals surface area contributed by atoms with E-state index < -0.39 is 15.8 Å². The molecular formula is C21H22ClNO6S. The average Bonchev–Trinajstić information content (AvgIpc) is 2.64. The van der Waals surface area contributed by atoms with E-state index in [-0.39, 0.29) is 32.6 Å². The summed E-state index contributed by atoms with van der Waals surface area (Å²) in [6.07, 6.45) is 3.86. The van der Waals surface area contributed by atoms with Gasteiger partial charge in [-0.15, -0.1) is 0 Å². The predicted molar refractivity (Wildman–Crippen MR) is 114 cm³/mol. The molecule has 3 rings (SSSR count). The molecule has 0 amide bonds. The van der Waals surface area contributed by atoms with E-state index in [2.05, 4.69) is 0 Å². The largest absolute Gasteiger partial charge is 0.507 e. The van der Waals surface area contributed by atoms with Gasteiger partial charge in [0, 0.05) is 11.6 Å². The van der Waals surface area contributed by atoms with E-state index in [4.69, 9.17) is 26.2 Å². The van der Waals surface area contributed by atoms with Crippen molar-refractivity contribution in [3.63, 3.8) is 0 Å². The molecule has 9 heteroatoms. The van der Waals surface area contributed by atoms with E-state index in [0.29, 0.717) is 29.7 Å². The summed E-state index contributed by atoms with van der Waals surface area (Å²) in [6.45, 7) is 3.90. The van der Waals surface area contributed by atoms with Crippen LogP contribution in [-0.2, 0) is 16.4 Å². The van der Waals surface area contributed by atoms with Crippen LogP contribution in [0.4, 0.5) is 0 Å². The van der Waals surface area contributed by atoms with E-state index in [9.17, 15) is 18.3 Å². The first-order valence-electron chi connectivity index (χ1n) is 9.09. The molecule has 160 valence electrons. The Morgan fingerprint density at radius 3 is 2.67 bits per heavy atom. The van der Waals surface area contributed by atoms with Crippen LogP contribution in [0.2, 0.25) is 5.02 Å². The molecule has 30 heavy (non-hydrogen) atoms.